The van der Waals surface area contributed by atoms with Crippen molar-refractivity contribution in [3.05, 3.63) is 210 Å². The number of hydrogen-bond donors (Lipinski definition) is 0. The van der Waals surface area contributed by atoms with Crippen molar-refractivity contribution in [3.63, 3.8) is 0 Å². The van der Waals surface area contributed by atoms with Crippen molar-refractivity contribution in [3.8, 4) is 67.2 Å². The van der Waals surface area contributed by atoms with Gasteiger partial charge in [-0.3, -0.25) is 0 Å². The predicted octanol–water partition coefficient (Wildman–Crippen LogP) is 12.8. The van der Waals surface area contributed by atoms with Gasteiger partial charge in [-0.15, -0.1) is 0 Å². The predicted molar refractivity (Wildman–Crippen MR) is 212 cm³/mol. The molecule has 7 aromatic carbocycles. The van der Waals surface area contributed by atoms with Crippen LogP contribution in [-0.4, -0.2) is 4.98 Å². The monoisotopic (exact) mass is 661 g/mol. The minimum atomic E-state index is -0.470. The summed E-state index contributed by atoms with van der Waals surface area (Å²) in [5.74, 6) is 0.957. The number of fused-ring (bicyclic) bond motifs is 12. The molecule has 2 aromatic heterocycles. The largest absolute Gasteiger partial charge is 0.456 e. The van der Waals surface area contributed by atoms with Crippen molar-refractivity contribution >= 4 is 11.0 Å². The van der Waals surface area contributed by atoms with E-state index in [1.165, 1.54) is 49.9 Å². The standard InChI is InChI=1S/C50H31NO/c1-3-13-32(14-4-1)33-23-25-35(26-24-33)46-31-37(30-45(51-46)34-15-5-2-6-16-34)36-27-28-44-41(29-36)49-48(40-19-9-12-22-47(40)52-49)50(44)42-20-10-7-17-38(42)39-18-8-11-21-43(39)50/h1-31H. The lowest BCUT2D eigenvalue weighted by Gasteiger charge is -2.30. The first-order chi connectivity index (χ1) is 25.8. The molecular formula is C50H31NO. The zero-order valence-electron chi connectivity index (χ0n) is 28.3. The van der Waals surface area contributed by atoms with Crippen LogP contribution >= 0.6 is 0 Å². The minimum Gasteiger partial charge on any atom is -0.456 e. The number of furan rings is 1. The van der Waals surface area contributed by atoms with Gasteiger partial charge in [0.05, 0.1) is 16.8 Å². The van der Waals surface area contributed by atoms with Gasteiger partial charge in [0, 0.05) is 27.6 Å². The van der Waals surface area contributed by atoms with Crippen LogP contribution in [0.1, 0.15) is 22.3 Å². The topological polar surface area (TPSA) is 26.0 Å². The van der Waals surface area contributed by atoms with Gasteiger partial charge < -0.3 is 4.42 Å². The van der Waals surface area contributed by atoms with Crippen molar-refractivity contribution in [2.24, 2.45) is 0 Å². The first-order valence-electron chi connectivity index (χ1n) is 17.9. The average Bonchev–Trinajstić information content (AvgIpc) is 3.85. The fraction of sp³-hybridized carbons (Fsp3) is 0.0200. The van der Waals surface area contributed by atoms with Gasteiger partial charge in [-0.05, 0) is 74.3 Å². The molecule has 52 heavy (non-hydrogen) atoms. The summed E-state index contributed by atoms with van der Waals surface area (Å²) in [6, 6.07) is 67.5. The zero-order chi connectivity index (χ0) is 34.2. The second-order valence-corrected chi connectivity index (χ2v) is 13.8. The first kappa shape index (κ1) is 29.0. The summed E-state index contributed by atoms with van der Waals surface area (Å²) >= 11 is 0. The zero-order valence-corrected chi connectivity index (χ0v) is 28.3. The third kappa shape index (κ3) is 4.09. The highest BCUT2D eigenvalue weighted by Gasteiger charge is 2.54. The van der Waals surface area contributed by atoms with Crippen LogP contribution in [-0.2, 0) is 5.41 Å². The van der Waals surface area contributed by atoms with E-state index in [2.05, 4.69) is 188 Å². The fourth-order valence-electron chi connectivity index (χ4n) is 8.84. The Balaban J connectivity index is 1.13. The number of pyridine rings is 1. The van der Waals surface area contributed by atoms with Crippen LogP contribution in [0.2, 0.25) is 0 Å². The van der Waals surface area contributed by atoms with E-state index in [0.717, 1.165) is 50.5 Å². The Hall–Kier alpha value is -6.77. The maximum absolute atomic E-state index is 6.87. The molecule has 0 unspecified atom stereocenters. The molecule has 242 valence electrons. The molecule has 0 fully saturated rings. The Labute approximate surface area is 302 Å². The van der Waals surface area contributed by atoms with Crippen molar-refractivity contribution in [1.82, 2.24) is 4.98 Å². The van der Waals surface area contributed by atoms with Crippen LogP contribution in [0, 0.1) is 0 Å². The molecule has 0 bridgehead atoms. The summed E-state index contributed by atoms with van der Waals surface area (Å²) in [6.07, 6.45) is 0. The van der Waals surface area contributed by atoms with Crippen molar-refractivity contribution in [1.29, 1.82) is 0 Å². The number of aromatic nitrogens is 1. The number of nitrogens with zero attached hydrogens (tertiary/aromatic N) is 1. The van der Waals surface area contributed by atoms with Crippen LogP contribution in [0.3, 0.4) is 0 Å². The molecule has 2 aliphatic rings. The Morgan fingerprint density at radius 2 is 0.865 bits per heavy atom. The molecule has 0 amide bonds. The first-order valence-corrected chi connectivity index (χ1v) is 17.9. The summed E-state index contributed by atoms with van der Waals surface area (Å²) in [4.78, 5) is 5.23. The lowest BCUT2D eigenvalue weighted by atomic mass is 9.70. The maximum atomic E-state index is 6.87. The van der Waals surface area contributed by atoms with Gasteiger partial charge in [0.15, 0.2) is 0 Å². The van der Waals surface area contributed by atoms with E-state index in [-0.39, 0.29) is 0 Å². The highest BCUT2D eigenvalue weighted by molar-refractivity contribution is 6.02. The molecule has 2 nitrogen and oxygen atoms in total. The molecule has 9 aromatic rings. The van der Waals surface area contributed by atoms with E-state index in [4.69, 9.17) is 9.40 Å². The average molecular weight is 662 g/mol. The second kappa shape index (κ2) is 11.1. The minimum absolute atomic E-state index is 0.470. The van der Waals surface area contributed by atoms with E-state index < -0.39 is 5.41 Å². The molecule has 2 heteroatoms. The molecular weight excluding hydrogens is 631 g/mol. The van der Waals surface area contributed by atoms with Crippen molar-refractivity contribution < 1.29 is 4.42 Å². The molecule has 2 heterocycles. The number of benzene rings is 7. The molecule has 0 saturated carbocycles. The Kier molecular flexibility index (Phi) is 6.20. The van der Waals surface area contributed by atoms with E-state index in [9.17, 15) is 0 Å². The molecule has 2 aliphatic carbocycles. The summed E-state index contributed by atoms with van der Waals surface area (Å²) in [7, 11) is 0. The molecule has 0 radical (unpaired) electrons. The fourth-order valence-corrected chi connectivity index (χ4v) is 8.84. The summed E-state index contributed by atoms with van der Waals surface area (Å²) in [6.45, 7) is 0. The van der Waals surface area contributed by atoms with Gasteiger partial charge >= 0.3 is 0 Å². The normalized spacial score (nSPS) is 13.2. The Morgan fingerprint density at radius 3 is 1.56 bits per heavy atom. The smallest absolute Gasteiger partial charge is 0.140 e. The van der Waals surface area contributed by atoms with Crippen LogP contribution in [0.25, 0.3) is 78.2 Å². The number of rotatable bonds is 4. The molecule has 11 rings (SSSR count). The highest BCUT2D eigenvalue weighted by Crippen LogP contribution is 2.65. The van der Waals surface area contributed by atoms with Gasteiger partial charge in [0.2, 0.25) is 0 Å². The molecule has 0 N–H and O–H groups in total. The maximum Gasteiger partial charge on any atom is 0.140 e. The van der Waals surface area contributed by atoms with Gasteiger partial charge in [0.1, 0.15) is 11.3 Å². The molecule has 0 saturated heterocycles. The summed E-state index contributed by atoms with van der Waals surface area (Å²) in [5, 5.41) is 1.17. The highest BCUT2D eigenvalue weighted by atomic mass is 16.3. The molecule has 0 aliphatic heterocycles. The van der Waals surface area contributed by atoms with Crippen molar-refractivity contribution in [2.75, 3.05) is 0 Å². The third-order valence-electron chi connectivity index (χ3n) is 11.1. The van der Waals surface area contributed by atoms with Gasteiger partial charge in [0.25, 0.3) is 0 Å². The van der Waals surface area contributed by atoms with E-state index in [1.54, 1.807) is 0 Å². The lowest BCUT2D eigenvalue weighted by molar-refractivity contribution is 0.628. The van der Waals surface area contributed by atoms with Gasteiger partial charge in [-0.2, -0.15) is 0 Å². The third-order valence-corrected chi connectivity index (χ3v) is 11.1. The quantitative estimate of drug-likeness (QED) is 0.188. The second-order valence-electron chi connectivity index (χ2n) is 13.8. The van der Waals surface area contributed by atoms with Gasteiger partial charge in [-0.25, -0.2) is 4.98 Å². The van der Waals surface area contributed by atoms with E-state index >= 15 is 0 Å². The lowest BCUT2D eigenvalue weighted by Crippen LogP contribution is -2.25. The van der Waals surface area contributed by atoms with Crippen LogP contribution in [0.4, 0.5) is 0 Å². The van der Waals surface area contributed by atoms with Crippen LogP contribution in [0.5, 0.6) is 0 Å². The number of para-hydroxylation sites is 1. The SMILES string of the molecule is c1ccc(-c2ccc(-c3cc(-c4ccc5c(c4)-c4oc6ccccc6c4C54c5ccccc5-c5ccccc54)cc(-c4ccccc4)n3)cc2)cc1. The molecule has 1 spiro atoms. The van der Waals surface area contributed by atoms with Crippen LogP contribution < -0.4 is 0 Å². The summed E-state index contributed by atoms with van der Waals surface area (Å²) in [5.41, 5.74) is 18.0. The molecule has 0 atom stereocenters. The summed E-state index contributed by atoms with van der Waals surface area (Å²) < 4.78 is 6.87. The van der Waals surface area contributed by atoms with E-state index in [0.29, 0.717) is 0 Å². The van der Waals surface area contributed by atoms with Crippen LogP contribution in [0.15, 0.2) is 192 Å². The number of hydrogen-bond acceptors (Lipinski definition) is 2. The Morgan fingerprint density at radius 1 is 0.365 bits per heavy atom. The van der Waals surface area contributed by atoms with Gasteiger partial charge in [-0.1, -0.05) is 164 Å². The van der Waals surface area contributed by atoms with Crippen molar-refractivity contribution in [2.45, 2.75) is 5.41 Å². The Bertz CT molecular complexity index is 2780. The van der Waals surface area contributed by atoms with E-state index in [1.807, 2.05) is 0 Å².